The molecule has 0 bridgehead atoms. The lowest BCUT2D eigenvalue weighted by molar-refractivity contribution is -0.117. The second kappa shape index (κ2) is 10.1. The van der Waals surface area contributed by atoms with Crippen molar-refractivity contribution in [3.8, 4) is 5.75 Å². The van der Waals surface area contributed by atoms with Crippen LogP contribution in [0.15, 0.2) is 64.2 Å². The number of hydrogen-bond acceptors (Lipinski definition) is 10. The number of aliphatic hydroxyl groups excluding tert-OH is 1. The summed E-state index contributed by atoms with van der Waals surface area (Å²) in [6.07, 6.45) is 0. The minimum atomic E-state index is -0.989. The van der Waals surface area contributed by atoms with Crippen molar-refractivity contribution in [2.24, 2.45) is 0 Å². The van der Waals surface area contributed by atoms with Crippen molar-refractivity contribution in [2.75, 3.05) is 4.90 Å². The largest absolute Gasteiger partial charge is 0.508 e. The van der Waals surface area contributed by atoms with Crippen LogP contribution in [0.25, 0.3) is 0 Å². The van der Waals surface area contributed by atoms with E-state index in [1.807, 2.05) is 19.1 Å². The highest BCUT2D eigenvalue weighted by Crippen LogP contribution is 2.45. The summed E-state index contributed by atoms with van der Waals surface area (Å²) in [6.45, 7) is 5.54. The molecule has 37 heavy (non-hydrogen) atoms. The van der Waals surface area contributed by atoms with Gasteiger partial charge < -0.3 is 10.2 Å². The molecule has 11 heteroatoms. The number of rotatable bonds is 7. The number of nitrogens with zero attached hydrogens (tertiary/aromatic N) is 4. The Hall–Kier alpha value is -3.54. The van der Waals surface area contributed by atoms with Gasteiger partial charge in [-0.05, 0) is 44.0 Å². The van der Waals surface area contributed by atoms with Crippen LogP contribution in [-0.2, 0) is 10.5 Å². The van der Waals surface area contributed by atoms with E-state index in [4.69, 9.17) is 0 Å². The van der Waals surface area contributed by atoms with E-state index >= 15 is 0 Å². The van der Waals surface area contributed by atoms with Crippen molar-refractivity contribution in [1.29, 1.82) is 0 Å². The number of thioether (sulfide) groups is 1. The zero-order chi connectivity index (χ0) is 26.3. The molecule has 3 heterocycles. The molecule has 1 unspecified atom stereocenters. The molecular weight excluding hydrogens is 529 g/mol. The van der Waals surface area contributed by atoms with Gasteiger partial charge in [0.15, 0.2) is 10.1 Å². The fourth-order valence-electron chi connectivity index (χ4n) is 4.10. The summed E-state index contributed by atoms with van der Waals surface area (Å²) in [5, 5.41) is 30.5. The first-order valence-corrected chi connectivity index (χ1v) is 13.9. The van der Waals surface area contributed by atoms with Gasteiger partial charge in [0.05, 0.1) is 27.2 Å². The predicted octanol–water partition coefficient (Wildman–Crippen LogP) is 5.70. The summed E-state index contributed by atoms with van der Waals surface area (Å²) in [7, 11) is 0. The van der Waals surface area contributed by atoms with Crippen LogP contribution in [0.4, 0.5) is 5.13 Å². The first-order valence-electron chi connectivity index (χ1n) is 11.3. The molecule has 0 radical (unpaired) electrons. The SMILES string of the molecule is Cc1ccc(CSc2nnc(N3C(=O)C(O)=C(C(=O)c4sc(C)nc4C)C3c3cccc(O)c3)s2)cc1. The molecule has 1 aliphatic heterocycles. The number of carbonyl (C=O) groups is 2. The number of benzene rings is 2. The third-order valence-corrected chi connectivity index (χ3v) is 9.03. The maximum atomic E-state index is 13.6. The van der Waals surface area contributed by atoms with Crippen LogP contribution in [0.3, 0.4) is 0 Å². The quantitative estimate of drug-likeness (QED) is 0.171. The molecule has 8 nitrogen and oxygen atoms in total. The van der Waals surface area contributed by atoms with Crippen molar-refractivity contribution in [1.82, 2.24) is 15.2 Å². The van der Waals surface area contributed by atoms with Crippen molar-refractivity contribution in [3.63, 3.8) is 0 Å². The monoisotopic (exact) mass is 550 g/mol. The number of phenols is 1. The molecule has 2 aromatic carbocycles. The molecule has 1 amide bonds. The number of aliphatic hydroxyl groups is 1. The van der Waals surface area contributed by atoms with Gasteiger partial charge in [0.25, 0.3) is 5.91 Å². The van der Waals surface area contributed by atoms with Gasteiger partial charge in [0.2, 0.25) is 10.9 Å². The van der Waals surface area contributed by atoms with E-state index in [9.17, 15) is 19.8 Å². The summed E-state index contributed by atoms with van der Waals surface area (Å²) in [5.74, 6) is -1.23. The van der Waals surface area contributed by atoms with Crippen LogP contribution in [0, 0.1) is 20.8 Å². The molecule has 4 aromatic rings. The van der Waals surface area contributed by atoms with Crippen molar-refractivity contribution >= 4 is 51.3 Å². The first kappa shape index (κ1) is 25.1. The van der Waals surface area contributed by atoms with E-state index in [2.05, 4.69) is 27.3 Å². The summed E-state index contributed by atoms with van der Waals surface area (Å²) in [5.41, 5.74) is 3.22. The third kappa shape index (κ3) is 4.89. The molecular formula is C26H22N4O4S3. The zero-order valence-corrected chi connectivity index (χ0v) is 22.6. The second-order valence-corrected chi connectivity index (χ2v) is 11.9. The lowest BCUT2D eigenvalue weighted by Gasteiger charge is -2.24. The molecule has 1 atom stereocenters. The van der Waals surface area contributed by atoms with Gasteiger partial charge in [-0.2, -0.15) is 0 Å². The number of ketones is 1. The number of aromatic hydroxyl groups is 1. The van der Waals surface area contributed by atoms with Crippen LogP contribution >= 0.6 is 34.4 Å². The summed E-state index contributed by atoms with van der Waals surface area (Å²) >= 11 is 3.89. The van der Waals surface area contributed by atoms with Crippen molar-refractivity contribution in [3.05, 3.63) is 92.1 Å². The Kier molecular flexibility index (Phi) is 6.84. The van der Waals surface area contributed by atoms with Crippen LogP contribution in [0.5, 0.6) is 5.75 Å². The number of aromatic nitrogens is 3. The van der Waals surface area contributed by atoms with E-state index in [1.165, 1.54) is 57.0 Å². The highest BCUT2D eigenvalue weighted by molar-refractivity contribution is 8.00. The van der Waals surface area contributed by atoms with Gasteiger partial charge in [-0.15, -0.1) is 21.5 Å². The molecule has 0 aliphatic carbocycles. The minimum absolute atomic E-state index is 0.0282. The fourth-order valence-corrected chi connectivity index (χ4v) is 6.79. The first-order chi connectivity index (χ1) is 17.7. The van der Waals surface area contributed by atoms with Gasteiger partial charge in [0, 0.05) is 5.75 Å². The summed E-state index contributed by atoms with van der Waals surface area (Å²) in [6, 6.07) is 13.5. The number of phenolic OH excluding ortho intramolecular Hbond substituents is 1. The highest BCUT2D eigenvalue weighted by atomic mass is 32.2. The maximum absolute atomic E-state index is 13.6. The molecule has 0 saturated heterocycles. The third-order valence-electron chi connectivity index (χ3n) is 5.83. The molecule has 0 spiro atoms. The molecule has 2 N–H and O–H groups in total. The van der Waals surface area contributed by atoms with Crippen LogP contribution in [0.2, 0.25) is 0 Å². The van der Waals surface area contributed by atoms with E-state index in [0.717, 1.165) is 5.56 Å². The predicted molar refractivity (Wildman–Crippen MR) is 145 cm³/mol. The van der Waals surface area contributed by atoms with Gasteiger partial charge >= 0.3 is 0 Å². The summed E-state index contributed by atoms with van der Waals surface area (Å²) in [4.78, 5) is 32.9. The van der Waals surface area contributed by atoms with Crippen molar-refractivity contribution in [2.45, 2.75) is 36.9 Å². The fraction of sp³-hybridized carbons (Fsp3) is 0.192. The second-order valence-electron chi connectivity index (χ2n) is 8.54. The standard InChI is InChI=1S/C26H22N4O4S3/c1-13-7-9-16(10-8-13)12-35-26-29-28-25(37-26)30-20(17-5-4-6-18(31)11-17)19(22(33)24(30)34)21(32)23-14(2)27-15(3)36-23/h4-11,20,31,33H,12H2,1-3H3. The molecule has 188 valence electrons. The van der Waals surface area contributed by atoms with Gasteiger partial charge in [-0.1, -0.05) is 65.1 Å². The molecule has 5 rings (SSSR count). The summed E-state index contributed by atoms with van der Waals surface area (Å²) < 4.78 is 0.645. The van der Waals surface area contributed by atoms with Crippen LogP contribution < -0.4 is 4.90 Å². The van der Waals surface area contributed by atoms with Gasteiger partial charge in [-0.25, -0.2) is 4.98 Å². The number of thiazole rings is 1. The minimum Gasteiger partial charge on any atom is -0.508 e. The number of aryl methyl sites for hydroxylation is 3. The number of anilines is 1. The average Bonchev–Trinajstić information content (AvgIpc) is 3.54. The number of Topliss-reactive ketones (excluding diaryl/α,β-unsaturated/α-hetero) is 1. The smallest absolute Gasteiger partial charge is 0.296 e. The molecule has 0 fully saturated rings. The lowest BCUT2D eigenvalue weighted by atomic mass is 9.95. The Morgan fingerprint density at radius 1 is 1.05 bits per heavy atom. The Labute approximate surface area is 225 Å². The maximum Gasteiger partial charge on any atom is 0.296 e. The molecule has 2 aromatic heterocycles. The normalized spacial score (nSPS) is 15.6. The van der Waals surface area contributed by atoms with Crippen LogP contribution in [0.1, 0.15) is 43.1 Å². The topological polar surface area (TPSA) is 117 Å². The molecule has 1 aliphatic rings. The number of carbonyl (C=O) groups excluding carboxylic acids is 2. The Balaban J connectivity index is 1.51. The van der Waals surface area contributed by atoms with E-state index < -0.39 is 23.5 Å². The lowest BCUT2D eigenvalue weighted by Crippen LogP contribution is -2.31. The van der Waals surface area contributed by atoms with E-state index in [1.54, 1.807) is 26.0 Å². The zero-order valence-electron chi connectivity index (χ0n) is 20.1. The van der Waals surface area contributed by atoms with Gasteiger partial charge in [0.1, 0.15) is 5.75 Å². The Morgan fingerprint density at radius 2 is 1.81 bits per heavy atom. The van der Waals surface area contributed by atoms with Crippen LogP contribution in [-0.4, -0.2) is 37.1 Å². The Morgan fingerprint density at radius 3 is 2.49 bits per heavy atom. The number of amides is 1. The van der Waals surface area contributed by atoms with Crippen molar-refractivity contribution < 1.29 is 19.8 Å². The van der Waals surface area contributed by atoms with Gasteiger partial charge in [-0.3, -0.25) is 14.5 Å². The Bertz CT molecular complexity index is 1540. The van der Waals surface area contributed by atoms with E-state index in [-0.39, 0.29) is 16.5 Å². The number of hydrogen-bond donors (Lipinski definition) is 2. The molecule has 0 saturated carbocycles. The van der Waals surface area contributed by atoms with E-state index in [0.29, 0.717) is 31.2 Å². The highest BCUT2D eigenvalue weighted by Gasteiger charge is 2.46. The average molecular weight is 551 g/mol.